The smallest absolute Gasteiger partial charge is 0.226 e. The zero-order valence-corrected chi connectivity index (χ0v) is 10.7. The van der Waals surface area contributed by atoms with Crippen molar-refractivity contribution in [2.24, 2.45) is 5.73 Å². The van der Waals surface area contributed by atoms with E-state index in [0.29, 0.717) is 18.6 Å². The second kappa shape index (κ2) is 4.48. The molecule has 0 amide bonds. The summed E-state index contributed by atoms with van der Waals surface area (Å²) in [7, 11) is 0. The SMILES string of the molecule is Cc1cc(CN)nc(N2C3CCC2CC(O)C3)n1. The molecule has 3 N–H and O–H groups in total. The largest absolute Gasteiger partial charge is 0.393 e. The minimum atomic E-state index is -0.155. The van der Waals surface area contributed by atoms with E-state index in [1.54, 1.807) is 0 Å². The number of nitrogens with two attached hydrogens (primary N) is 1. The first-order valence-electron chi connectivity index (χ1n) is 6.68. The van der Waals surface area contributed by atoms with Crippen LogP contribution in [0.2, 0.25) is 0 Å². The van der Waals surface area contributed by atoms with Gasteiger partial charge in [-0.3, -0.25) is 0 Å². The Labute approximate surface area is 107 Å². The number of nitrogens with zero attached hydrogens (tertiary/aromatic N) is 3. The molecule has 0 aromatic carbocycles. The van der Waals surface area contributed by atoms with Gasteiger partial charge in [0.05, 0.1) is 11.8 Å². The molecule has 18 heavy (non-hydrogen) atoms. The zero-order valence-electron chi connectivity index (χ0n) is 10.7. The summed E-state index contributed by atoms with van der Waals surface area (Å²) in [6.45, 7) is 2.42. The summed E-state index contributed by atoms with van der Waals surface area (Å²) in [5.74, 6) is 0.801. The molecule has 3 heterocycles. The number of fused-ring (bicyclic) bond motifs is 2. The molecule has 2 bridgehead atoms. The molecule has 0 radical (unpaired) electrons. The molecule has 2 atom stereocenters. The molecule has 1 aromatic rings. The third kappa shape index (κ3) is 1.97. The van der Waals surface area contributed by atoms with E-state index < -0.39 is 0 Å². The Hall–Kier alpha value is -1.20. The summed E-state index contributed by atoms with van der Waals surface area (Å²) in [6, 6.07) is 2.72. The third-order valence-corrected chi connectivity index (χ3v) is 4.04. The highest BCUT2D eigenvalue weighted by Crippen LogP contribution is 2.37. The number of hydrogen-bond acceptors (Lipinski definition) is 5. The van der Waals surface area contributed by atoms with Crippen molar-refractivity contribution >= 4 is 5.95 Å². The van der Waals surface area contributed by atoms with Crippen LogP contribution in [0, 0.1) is 6.92 Å². The van der Waals surface area contributed by atoms with Crippen molar-refractivity contribution in [1.29, 1.82) is 0 Å². The average Bonchev–Trinajstić information content (AvgIpc) is 2.61. The summed E-state index contributed by atoms with van der Waals surface area (Å²) in [6.07, 6.45) is 3.79. The van der Waals surface area contributed by atoms with Crippen LogP contribution in [0.15, 0.2) is 6.07 Å². The van der Waals surface area contributed by atoms with Crippen LogP contribution in [0.5, 0.6) is 0 Å². The Morgan fingerprint density at radius 2 is 2.00 bits per heavy atom. The van der Waals surface area contributed by atoms with Crippen LogP contribution in [0.4, 0.5) is 5.95 Å². The van der Waals surface area contributed by atoms with Gasteiger partial charge in [0.15, 0.2) is 0 Å². The lowest BCUT2D eigenvalue weighted by Crippen LogP contribution is -2.45. The van der Waals surface area contributed by atoms with E-state index in [-0.39, 0.29) is 6.10 Å². The van der Waals surface area contributed by atoms with E-state index >= 15 is 0 Å². The van der Waals surface area contributed by atoms with E-state index in [1.165, 1.54) is 0 Å². The van der Waals surface area contributed by atoms with Crippen LogP contribution in [0.3, 0.4) is 0 Å². The Morgan fingerprint density at radius 3 is 2.61 bits per heavy atom. The highest BCUT2D eigenvalue weighted by molar-refractivity contribution is 5.39. The van der Waals surface area contributed by atoms with Crippen molar-refractivity contribution in [3.05, 3.63) is 17.5 Å². The maximum Gasteiger partial charge on any atom is 0.226 e. The van der Waals surface area contributed by atoms with Crippen molar-refractivity contribution in [2.45, 2.75) is 57.3 Å². The number of hydrogen-bond donors (Lipinski definition) is 2. The van der Waals surface area contributed by atoms with Crippen LogP contribution < -0.4 is 10.6 Å². The number of aromatic nitrogens is 2. The second-order valence-corrected chi connectivity index (χ2v) is 5.42. The predicted octanol–water partition coefficient (Wildman–Crippen LogP) is 0.736. The van der Waals surface area contributed by atoms with Crippen LogP contribution in [-0.4, -0.2) is 33.3 Å². The summed E-state index contributed by atoms with van der Waals surface area (Å²) in [5.41, 5.74) is 7.53. The molecule has 2 saturated heterocycles. The molecule has 98 valence electrons. The average molecular weight is 248 g/mol. The number of aliphatic hydroxyl groups excluding tert-OH is 1. The first-order valence-corrected chi connectivity index (χ1v) is 6.68. The van der Waals surface area contributed by atoms with Crippen LogP contribution in [0.25, 0.3) is 0 Å². The minimum Gasteiger partial charge on any atom is -0.393 e. The van der Waals surface area contributed by atoms with Crippen LogP contribution >= 0.6 is 0 Å². The fraction of sp³-hybridized carbons (Fsp3) is 0.692. The molecule has 5 nitrogen and oxygen atoms in total. The number of piperidine rings is 1. The molecule has 2 fully saturated rings. The highest BCUT2D eigenvalue weighted by atomic mass is 16.3. The van der Waals surface area contributed by atoms with Gasteiger partial charge >= 0.3 is 0 Å². The molecule has 2 unspecified atom stereocenters. The van der Waals surface area contributed by atoms with Crippen molar-refractivity contribution in [1.82, 2.24) is 9.97 Å². The Morgan fingerprint density at radius 1 is 1.33 bits per heavy atom. The molecular weight excluding hydrogens is 228 g/mol. The van der Waals surface area contributed by atoms with Gasteiger partial charge in [0.2, 0.25) is 5.95 Å². The monoisotopic (exact) mass is 248 g/mol. The fourth-order valence-electron chi connectivity index (χ4n) is 3.31. The van der Waals surface area contributed by atoms with Gasteiger partial charge in [-0.15, -0.1) is 0 Å². The predicted molar refractivity (Wildman–Crippen MR) is 69.2 cm³/mol. The number of aryl methyl sites for hydroxylation is 1. The maximum absolute atomic E-state index is 9.82. The highest BCUT2D eigenvalue weighted by Gasteiger charge is 2.41. The van der Waals surface area contributed by atoms with Crippen molar-refractivity contribution in [3.8, 4) is 0 Å². The molecule has 3 rings (SSSR count). The molecule has 2 aliphatic rings. The lowest BCUT2D eigenvalue weighted by Gasteiger charge is -2.37. The summed E-state index contributed by atoms with van der Waals surface area (Å²) < 4.78 is 0. The van der Waals surface area contributed by atoms with Gasteiger partial charge in [-0.25, -0.2) is 9.97 Å². The summed E-state index contributed by atoms with van der Waals surface area (Å²) in [5, 5.41) is 9.82. The fourth-order valence-corrected chi connectivity index (χ4v) is 3.31. The van der Waals surface area contributed by atoms with Crippen molar-refractivity contribution in [3.63, 3.8) is 0 Å². The Bertz CT molecular complexity index is 437. The van der Waals surface area contributed by atoms with E-state index in [2.05, 4.69) is 14.9 Å². The van der Waals surface area contributed by atoms with Gasteiger partial charge in [0.25, 0.3) is 0 Å². The molecule has 5 heteroatoms. The molecule has 0 aliphatic carbocycles. The van der Waals surface area contributed by atoms with E-state index in [4.69, 9.17) is 5.73 Å². The maximum atomic E-state index is 9.82. The topological polar surface area (TPSA) is 75.3 Å². The minimum absolute atomic E-state index is 0.155. The van der Waals surface area contributed by atoms with Crippen LogP contribution in [0.1, 0.15) is 37.1 Å². The van der Waals surface area contributed by atoms with Gasteiger partial charge in [0, 0.05) is 24.3 Å². The first-order chi connectivity index (χ1) is 8.67. The number of aliphatic hydroxyl groups is 1. The van der Waals surface area contributed by atoms with E-state index in [0.717, 1.165) is 43.0 Å². The van der Waals surface area contributed by atoms with Gasteiger partial charge in [-0.1, -0.05) is 0 Å². The van der Waals surface area contributed by atoms with Crippen LogP contribution in [-0.2, 0) is 6.54 Å². The van der Waals surface area contributed by atoms with Crippen molar-refractivity contribution < 1.29 is 5.11 Å². The zero-order chi connectivity index (χ0) is 12.7. The standard InChI is InChI=1S/C13H20N4O/c1-8-4-9(7-14)16-13(15-8)17-10-2-3-11(17)6-12(18)5-10/h4,10-12,18H,2-3,5-7,14H2,1H3. The molecule has 2 aliphatic heterocycles. The molecule has 0 saturated carbocycles. The van der Waals surface area contributed by atoms with Gasteiger partial charge in [0.1, 0.15) is 0 Å². The van der Waals surface area contributed by atoms with Gasteiger partial charge in [-0.2, -0.15) is 0 Å². The molecule has 1 aromatic heterocycles. The number of anilines is 1. The second-order valence-electron chi connectivity index (χ2n) is 5.42. The van der Waals surface area contributed by atoms with E-state index in [1.807, 2.05) is 13.0 Å². The molecule has 0 spiro atoms. The molecular formula is C13H20N4O. The summed E-state index contributed by atoms with van der Waals surface area (Å²) in [4.78, 5) is 11.4. The normalized spacial score (nSPS) is 30.8. The van der Waals surface area contributed by atoms with Gasteiger partial charge < -0.3 is 15.7 Å². The van der Waals surface area contributed by atoms with Gasteiger partial charge in [-0.05, 0) is 38.7 Å². The Balaban J connectivity index is 1.93. The number of rotatable bonds is 2. The third-order valence-electron chi connectivity index (χ3n) is 4.04. The lowest BCUT2D eigenvalue weighted by atomic mass is 10.0. The lowest BCUT2D eigenvalue weighted by molar-refractivity contribution is 0.125. The Kier molecular flexibility index (Phi) is 2.95. The van der Waals surface area contributed by atoms with Crippen molar-refractivity contribution in [2.75, 3.05) is 4.90 Å². The first kappa shape index (κ1) is 11.9. The van der Waals surface area contributed by atoms with E-state index in [9.17, 15) is 5.11 Å². The summed E-state index contributed by atoms with van der Waals surface area (Å²) >= 11 is 0. The quantitative estimate of drug-likeness (QED) is 0.807.